The molecule has 1 heterocycles. The molecule has 0 aliphatic heterocycles. The molecule has 1 aliphatic rings. The van der Waals surface area contributed by atoms with Crippen LogP contribution in [0.5, 0.6) is 0 Å². The average molecular weight is 772 g/mol. The maximum Gasteiger partial charge on any atom is 0.0540 e. The predicted molar refractivity (Wildman–Crippen MR) is 253 cm³/mol. The number of nitrogens with zero attached hydrogens (tertiary/aromatic N) is 1. The van der Waals surface area contributed by atoms with Crippen LogP contribution in [0.3, 0.4) is 0 Å². The molecule has 0 radical (unpaired) electrons. The highest BCUT2D eigenvalue weighted by molar-refractivity contribution is 7.26. The molecule has 2 heteroatoms. The summed E-state index contributed by atoms with van der Waals surface area (Å²) in [5.74, 6) is 0. The van der Waals surface area contributed by atoms with E-state index < -0.39 is 0 Å². The van der Waals surface area contributed by atoms with E-state index in [1.165, 1.54) is 86.9 Å². The molecule has 0 amide bonds. The normalized spacial score (nSPS) is 12.7. The van der Waals surface area contributed by atoms with E-state index in [9.17, 15) is 0 Å². The largest absolute Gasteiger partial charge is 0.310 e. The van der Waals surface area contributed by atoms with Gasteiger partial charge in [-0.2, -0.15) is 0 Å². The molecule has 0 fully saturated rings. The fraction of sp³-hybridized carbons (Fsp3) is 0.0526. The van der Waals surface area contributed by atoms with Gasteiger partial charge in [-0.1, -0.05) is 184 Å². The van der Waals surface area contributed by atoms with Gasteiger partial charge in [0.25, 0.3) is 0 Å². The molecule has 0 spiro atoms. The zero-order valence-corrected chi connectivity index (χ0v) is 33.9. The van der Waals surface area contributed by atoms with Crippen LogP contribution in [0.4, 0.5) is 17.1 Å². The van der Waals surface area contributed by atoms with Crippen molar-refractivity contribution in [3.8, 4) is 55.6 Å². The Morgan fingerprint density at radius 2 is 0.898 bits per heavy atom. The van der Waals surface area contributed by atoms with Crippen LogP contribution in [0.1, 0.15) is 25.0 Å². The third-order valence-electron chi connectivity index (χ3n) is 12.3. The summed E-state index contributed by atoms with van der Waals surface area (Å²) in [5.41, 5.74) is 18.4. The molecule has 1 aromatic heterocycles. The number of thiophene rings is 1. The second kappa shape index (κ2) is 14.1. The Balaban J connectivity index is 1.10. The summed E-state index contributed by atoms with van der Waals surface area (Å²) in [6.07, 6.45) is 0. The lowest BCUT2D eigenvalue weighted by Crippen LogP contribution is -2.17. The van der Waals surface area contributed by atoms with Crippen LogP contribution in [0.25, 0.3) is 75.8 Å². The van der Waals surface area contributed by atoms with Gasteiger partial charge < -0.3 is 4.90 Å². The van der Waals surface area contributed by atoms with Crippen molar-refractivity contribution in [1.29, 1.82) is 0 Å². The molecule has 0 N–H and O–H groups in total. The first kappa shape index (κ1) is 35.2. The Morgan fingerprint density at radius 1 is 0.373 bits per heavy atom. The quantitative estimate of drug-likeness (QED) is 0.156. The van der Waals surface area contributed by atoms with Gasteiger partial charge in [-0.05, 0) is 104 Å². The lowest BCUT2D eigenvalue weighted by Gasteiger charge is -2.30. The molecule has 1 aliphatic carbocycles. The van der Waals surface area contributed by atoms with E-state index >= 15 is 0 Å². The molecule has 0 unspecified atom stereocenters. The third kappa shape index (κ3) is 5.91. The molecule has 59 heavy (non-hydrogen) atoms. The van der Waals surface area contributed by atoms with Gasteiger partial charge in [0.2, 0.25) is 0 Å². The smallest absolute Gasteiger partial charge is 0.0540 e. The number of benzene rings is 9. The molecule has 0 bridgehead atoms. The first-order valence-corrected chi connectivity index (χ1v) is 21.2. The fourth-order valence-electron chi connectivity index (χ4n) is 9.35. The zero-order chi connectivity index (χ0) is 39.5. The molecule has 11 rings (SSSR count). The number of hydrogen-bond acceptors (Lipinski definition) is 2. The lowest BCUT2D eigenvalue weighted by molar-refractivity contribution is 0.661. The Hall–Kier alpha value is -7.00. The van der Waals surface area contributed by atoms with E-state index in [0.717, 1.165) is 17.1 Å². The van der Waals surface area contributed by atoms with Gasteiger partial charge in [-0.25, -0.2) is 0 Å². The van der Waals surface area contributed by atoms with Crippen LogP contribution < -0.4 is 4.90 Å². The maximum absolute atomic E-state index is 2.50. The summed E-state index contributed by atoms with van der Waals surface area (Å²) in [7, 11) is 0. The van der Waals surface area contributed by atoms with Crippen molar-refractivity contribution in [3.63, 3.8) is 0 Å². The van der Waals surface area contributed by atoms with E-state index in [1.54, 1.807) is 0 Å². The van der Waals surface area contributed by atoms with Gasteiger partial charge in [0, 0.05) is 42.5 Å². The van der Waals surface area contributed by atoms with Crippen LogP contribution in [0.2, 0.25) is 0 Å². The molecule has 10 aromatic rings. The highest BCUT2D eigenvalue weighted by Gasteiger charge is 2.39. The van der Waals surface area contributed by atoms with Crippen molar-refractivity contribution in [2.75, 3.05) is 4.90 Å². The highest BCUT2D eigenvalue weighted by Crippen LogP contribution is 2.57. The number of rotatable bonds is 7. The maximum atomic E-state index is 2.50. The first-order valence-electron chi connectivity index (χ1n) is 20.4. The van der Waals surface area contributed by atoms with Gasteiger partial charge >= 0.3 is 0 Å². The van der Waals surface area contributed by atoms with E-state index in [0.29, 0.717) is 0 Å². The van der Waals surface area contributed by atoms with Crippen molar-refractivity contribution in [3.05, 3.63) is 223 Å². The molecular formula is C57H41NS. The summed E-state index contributed by atoms with van der Waals surface area (Å²) >= 11 is 1.91. The number of para-hydroxylation sites is 1. The SMILES string of the molecule is CC1(C)c2cc(N(c3ccc(-c4ccccc4)cc3)c3ccccc3-c3ccc(-c4ccccc4)cc3)ccc2-c2c1cc1sc3ccccc3c1c2-c1ccccc1. The highest BCUT2D eigenvalue weighted by atomic mass is 32.1. The number of anilines is 3. The lowest BCUT2D eigenvalue weighted by atomic mass is 9.81. The van der Waals surface area contributed by atoms with E-state index in [-0.39, 0.29) is 5.41 Å². The first-order chi connectivity index (χ1) is 29.0. The van der Waals surface area contributed by atoms with E-state index in [2.05, 4.69) is 231 Å². The summed E-state index contributed by atoms with van der Waals surface area (Å²) in [5, 5.41) is 2.69. The molecule has 9 aromatic carbocycles. The summed E-state index contributed by atoms with van der Waals surface area (Å²) in [6, 6.07) is 77.8. The summed E-state index contributed by atoms with van der Waals surface area (Å²) < 4.78 is 2.68. The van der Waals surface area contributed by atoms with Crippen molar-refractivity contribution >= 4 is 48.6 Å². The summed E-state index contributed by atoms with van der Waals surface area (Å²) in [6.45, 7) is 4.83. The standard InChI is InChI=1S/C57H41NS/c1-57(2)49-36-45(34-35-47(49)55-50(57)37-53-56(48-23-13-15-25-52(48)59-53)54(55)43-20-10-5-11-21-43)58(44-32-30-41(31-33-44)39-18-8-4-9-19-39)51-24-14-12-22-46(51)42-28-26-40(27-29-42)38-16-6-3-7-17-38/h3-37H,1-2H3. The van der Waals surface area contributed by atoms with Gasteiger partial charge in [0.05, 0.1) is 5.69 Å². The Bertz CT molecular complexity index is 3140. The minimum atomic E-state index is -0.232. The average Bonchev–Trinajstić information content (AvgIpc) is 3.78. The van der Waals surface area contributed by atoms with Crippen LogP contribution in [0.15, 0.2) is 212 Å². The molecule has 0 atom stereocenters. The van der Waals surface area contributed by atoms with E-state index in [4.69, 9.17) is 0 Å². The monoisotopic (exact) mass is 771 g/mol. The molecule has 1 nitrogen and oxygen atoms in total. The second-order valence-electron chi connectivity index (χ2n) is 16.1. The van der Waals surface area contributed by atoms with Crippen molar-refractivity contribution in [2.45, 2.75) is 19.3 Å². The van der Waals surface area contributed by atoms with Gasteiger partial charge in [-0.3, -0.25) is 0 Å². The second-order valence-corrected chi connectivity index (χ2v) is 17.2. The van der Waals surface area contributed by atoms with Crippen molar-refractivity contribution in [1.82, 2.24) is 0 Å². The van der Waals surface area contributed by atoms with Crippen molar-refractivity contribution < 1.29 is 0 Å². The zero-order valence-electron chi connectivity index (χ0n) is 33.1. The van der Waals surface area contributed by atoms with E-state index in [1.807, 2.05) is 11.3 Å². The number of fused-ring (bicyclic) bond motifs is 6. The summed E-state index contributed by atoms with van der Waals surface area (Å²) in [4.78, 5) is 2.46. The minimum Gasteiger partial charge on any atom is -0.310 e. The fourth-order valence-corrected chi connectivity index (χ4v) is 10.5. The molecule has 280 valence electrons. The molecular weight excluding hydrogens is 731 g/mol. The van der Waals surface area contributed by atoms with Gasteiger partial charge in [0.15, 0.2) is 0 Å². The predicted octanol–water partition coefficient (Wildman–Crippen LogP) is 16.5. The minimum absolute atomic E-state index is 0.232. The topological polar surface area (TPSA) is 3.24 Å². The molecule has 0 saturated carbocycles. The van der Waals surface area contributed by atoms with Gasteiger partial charge in [0.1, 0.15) is 0 Å². The third-order valence-corrected chi connectivity index (χ3v) is 13.4. The van der Waals surface area contributed by atoms with Crippen LogP contribution >= 0.6 is 11.3 Å². The Labute approximate surface area is 350 Å². The Kier molecular flexibility index (Phi) is 8.43. The molecule has 0 saturated heterocycles. The van der Waals surface area contributed by atoms with Crippen LogP contribution in [0, 0.1) is 0 Å². The van der Waals surface area contributed by atoms with Crippen LogP contribution in [-0.2, 0) is 5.41 Å². The van der Waals surface area contributed by atoms with Gasteiger partial charge in [-0.15, -0.1) is 11.3 Å². The Morgan fingerprint density at radius 3 is 1.58 bits per heavy atom. The number of hydrogen-bond donors (Lipinski definition) is 0. The van der Waals surface area contributed by atoms with Crippen LogP contribution in [-0.4, -0.2) is 0 Å². The van der Waals surface area contributed by atoms with Crippen molar-refractivity contribution in [2.24, 2.45) is 0 Å².